The van der Waals surface area contributed by atoms with Crippen LogP contribution in [-0.4, -0.2) is 13.5 Å². The maximum Gasteiger partial charge on any atom is 0.523 e. The number of halogens is 3. The van der Waals surface area contributed by atoms with Gasteiger partial charge in [-0.05, 0) is 24.6 Å². The van der Waals surface area contributed by atoms with Crippen molar-refractivity contribution in [1.29, 1.82) is 0 Å². The van der Waals surface area contributed by atoms with Crippen LogP contribution in [0.4, 0.5) is 13.2 Å². The van der Waals surface area contributed by atoms with E-state index in [-0.39, 0.29) is 0 Å². The lowest BCUT2D eigenvalue weighted by Gasteiger charge is -2.15. The third kappa shape index (κ3) is 3.79. The van der Waals surface area contributed by atoms with Crippen LogP contribution in [0.3, 0.4) is 0 Å². The summed E-state index contributed by atoms with van der Waals surface area (Å²) in [5.74, 6) is 0.595. The molecule has 0 aromatic heterocycles. The van der Waals surface area contributed by atoms with Crippen LogP contribution in [0.2, 0.25) is 0 Å². The number of hydrogen-bond donors (Lipinski definition) is 0. The van der Waals surface area contributed by atoms with Crippen molar-refractivity contribution in [3.8, 4) is 5.75 Å². The van der Waals surface area contributed by atoms with E-state index in [4.69, 9.17) is 4.74 Å². The van der Waals surface area contributed by atoms with Gasteiger partial charge < -0.3 is 4.74 Å². The fraction of sp³-hybridized carbons (Fsp3) is 0.400. The fourth-order valence-electron chi connectivity index (χ4n) is 1.14. The molecule has 1 aromatic carbocycles. The van der Waals surface area contributed by atoms with Crippen molar-refractivity contribution in [2.45, 2.75) is 19.4 Å². The van der Waals surface area contributed by atoms with Gasteiger partial charge in [0.15, 0.2) is 0 Å². The molecular weight excluding hydrogens is 209 g/mol. The summed E-state index contributed by atoms with van der Waals surface area (Å²) >= 11 is 0. The van der Waals surface area contributed by atoms with E-state index in [0.717, 1.165) is 0 Å². The van der Waals surface area contributed by atoms with Crippen molar-refractivity contribution in [3.63, 3.8) is 0 Å². The predicted molar refractivity (Wildman–Crippen MR) is 48.5 cm³/mol. The molecule has 1 atom stereocenters. The molecule has 1 rings (SSSR count). The minimum Gasteiger partial charge on any atom is -0.497 e. The van der Waals surface area contributed by atoms with Crippen LogP contribution in [0.5, 0.6) is 5.75 Å². The minimum atomic E-state index is -4.61. The molecule has 0 fully saturated rings. The van der Waals surface area contributed by atoms with E-state index in [1.165, 1.54) is 26.2 Å². The molecule has 0 aliphatic carbocycles. The third-order valence-electron chi connectivity index (χ3n) is 1.90. The summed E-state index contributed by atoms with van der Waals surface area (Å²) in [4.78, 5) is 0. The summed E-state index contributed by atoms with van der Waals surface area (Å²) in [6.07, 6.45) is -5.63. The molecule has 0 aliphatic rings. The highest BCUT2D eigenvalue weighted by Gasteiger charge is 2.32. The van der Waals surface area contributed by atoms with Gasteiger partial charge in [-0.25, -0.2) is 0 Å². The Labute approximate surface area is 85.6 Å². The molecule has 2 nitrogen and oxygen atoms in total. The highest BCUT2D eigenvalue weighted by atomic mass is 19.4. The van der Waals surface area contributed by atoms with Crippen LogP contribution in [0.15, 0.2) is 24.3 Å². The van der Waals surface area contributed by atoms with Crippen molar-refractivity contribution >= 4 is 0 Å². The predicted octanol–water partition coefficient (Wildman–Crippen LogP) is 3.29. The molecule has 0 heterocycles. The Morgan fingerprint density at radius 1 is 1.13 bits per heavy atom. The lowest BCUT2D eigenvalue weighted by atomic mass is 10.1. The highest BCUT2D eigenvalue weighted by Crippen LogP contribution is 2.28. The quantitative estimate of drug-likeness (QED) is 0.778. The van der Waals surface area contributed by atoms with Gasteiger partial charge in [0, 0.05) is 0 Å². The van der Waals surface area contributed by atoms with E-state index < -0.39 is 12.5 Å². The lowest BCUT2D eigenvalue weighted by Crippen LogP contribution is -2.16. The van der Waals surface area contributed by atoms with Gasteiger partial charge in [0.25, 0.3) is 0 Å². The zero-order valence-electron chi connectivity index (χ0n) is 8.34. The topological polar surface area (TPSA) is 18.5 Å². The maximum absolute atomic E-state index is 11.9. The largest absolute Gasteiger partial charge is 0.523 e. The van der Waals surface area contributed by atoms with Crippen LogP contribution < -0.4 is 4.74 Å². The number of rotatable bonds is 3. The summed E-state index contributed by atoms with van der Waals surface area (Å²) in [6, 6.07) is 6.25. The fourth-order valence-corrected chi connectivity index (χ4v) is 1.14. The van der Waals surface area contributed by atoms with Crippen LogP contribution in [0.25, 0.3) is 0 Å². The Morgan fingerprint density at radius 2 is 1.67 bits per heavy atom. The minimum absolute atomic E-state index is 0.452. The van der Waals surface area contributed by atoms with Crippen molar-refractivity contribution in [3.05, 3.63) is 29.8 Å². The second-order valence-corrected chi connectivity index (χ2v) is 2.98. The zero-order valence-corrected chi connectivity index (χ0v) is 8.34. The average Bonchev–Trinajstić information content (AvgIpc) is 2.15. The van der Waals surface area contributed by atoms with E-state index in [1.54, 1.807) is 12.1 Å². The number of benzene rings is 1. The van der Waals surface area contributed by atoms with Crippen molar-refractivity contribution < 1.29 is 22.6 Å². The Kier molecular flexibility index (Phi) is 3.57. The van der Waals surface area contributed by atoms with Crippen molar-refractivity contribution in [2.75, 3.05) is 7.11 Å². The van der Waals surface area contributed by atoms with E-state index in [2.05, 4.69) is 4.74 Å². The van der Waals surface area contributed by atoms with Gasteiger partial charge >= 0.3 is 6.36 Å². The first kappa shape index (κ1) is 11.8. The van der Waals surface area contributed by atoms with Crippen LogP contribution >= 0.6 is 0 Å². The van der Waals surface area contributed by atoms with E-state index in [9.17, 15) is 13.2 Å². The molecule has 0 N–H and O–H groups in total. The lowest BCUT2D eigenvalue weighted by molar-refractivity contribution is -0.342. The van der Waals surface area contributed by atoms with Gasteiger partial charge in [-0.2, -0.15) is 0 Å². The van der Waals surface area contributed by atoms with Crippen LogP contribution in [0.1, 0.15) is 18.6 Å². The molecule has 15 heavy (non-hydrogen) atoms. The maximum atomic E-state index is 11.9. The molecule has 0 saturated heterocycles. The van der Waals surface area contributed by atoms with E-state index >= 15 is 0 Å². The number of alkyl halides is 3. The first-order valence-electron chi connectivity index (χ1n) is 4.31. The molecule has 0 saturated carbocycles. The van der Waals surface area contributed by atoms with Crippen molar-refractivity contribution in [2.24, 2.45) is 0 Å². The Balaban J connectivity index is 2.70. The third-order valence-corrected chi connectivity index (χ3v) is 1.90. The van der Waals surface area contributed by atoms with E-state index in [1.807, 2.05) is 0 Å². The Hall–Kier alpha value is -1.23. The zero-order chi connectivity index (χ0) is 11.5. The number of ether oxygens (including phenoxy) is 2. The molecule has 0 aliphatic heterocycles. The average molecular weight is 220 g/mol. The first-order valence-corrected chi connectivity index (χ1v) is 4.31. The summed E-state index contributed by atoms with van der Waals surface area (Å²) < 4.78 is 44.4. The van der Waals surface area contributed by atoms with E-state index in [0.29, 0.717) is 11.3 Å². The Bertz CT molecular complexity index is 305. The van der Waals surface area contributed by atoms with Gasteiger partial charge in [-0.1, -0.05) is 12.1 Å². The normalized spacial score (nSPS) is 13.7. The van der Waals surface area contributed by atoms with Crippen LogP contribution in [-0.2, 0) is 4.74 Å². The molecular formula is C10H11F3O2. The summed E-state index contributed by atoms with van der Waals surface area (Å²) in [6.45, 7) is 1.34. The molecule has 0 radical (unpaired) electrons. The second kappa shape index (κ2) is 4.53. The van der Waals surface area contributed by atoms with Gasteiger partial charge in [0.2, 0.25) is 0 Å². The smallest absolute Gasteiger partial charge is 0.497 e. The van der Waals surface area contributed by atoms with Gasteiger partial charge in [0.1, 0.15) is 5.75 Å². The number of hydrogen-bond acceptors (Lipinski definition) is 2. The van der Waals surface area contributed by atoms with Crippen molar-refractivity contribution in [1.82, 2.24) is 0 Å². The Morgan fingerprint density at radius 3 is 2.07 bits per heavy atom. The summed E-state index contributed by atoms with van der Waals surface area (Å²) in [5, 5.41) is 0. The monoisotopic (exact) mass is 220 g/mol. The summed E-state index contributed by atoms with van der Waals surface area (Å²) in [7, 11) is 1.49. The molecule has 5 heteroatoms. The van der Waals surface area contributed by atoms with Gasteiger partial charge in [-0.15, -0.1) is 13.2 Å². The first-order chi connectivity index (χ1) is 6.92. The second-order valence-electron chi connectivity index (χ2n) is 2.98. The van der Waals surface area contributed by atoms with Crippen LogP contribution in [0, 0.1) is 0 Å². The molecule has 0 amide bonds. The highest BCUT2D eigenvalue weighted by molar-refractivity contribution is 5.28. The molecule has 1 aromatic rings. The molecule has 1 unspecified atom stereocenters. The standard InChI is InChI=1S/C10H11F3O2/c1-7(15-10(11,12)13)8-3-5-9(14-2)6-4-8/h3-7H,1-2H3. The molecule has 84 valence electrons. The molecule has 0 bridgehead atoms. The SMILES string of the molecule is COc1ccc(C(C)OC(F)(F)F)cc1. The summed E-state index contributed by atoms with van der Waals surface area (Å²) in [5.41, 5.74) is 0.452. The van der Waals surface area contributed by atoms with Gasteiger partial charge in [-0.3, -0.25) is 4.74 Å². The number of methoxy groups -OCH3 is 1. The van der Waals surface area contributed by atoms with Gasteiger partial charge in [0.05, 0.1) is 13.2 Å². The molecule has 0 spiro atoms.